The molecule has 4 aliphatic carbocycles. The SMILES string of the molecule is Cc1ccc(C(=O)COC(=O)[C@H](C(C)C)N2C(=O)[C@@H]3[C@H]4C=C[C@@H]([C@@H]5C[C@@H]45)[C@@H]3C2=O)cc1C. The molecule has 2 saturated carbocycles. The highest BCUT2D eigenvalue weighted by Gasteiger charge is 2.68. The van der Waals surface area contributed by atoms with Crippen LogP contribution in [0.2, 0.25) is 0 Å². The van der Waals surface area contributed by atoms with Gasteiger partial charge < -0.3 is 4.74 Å². The number of ether oxygens (including phenoxy) is 1. The molecule has 6 heteroatoms. The van der Waals surface area contributed by atoms with E-state index in [1.807, 2.05) is 19.9 Å². The summed E-state index contributed by atoms with van der Waals surface area (Å²) < 4.78 is 5.36. The molecule has 0 spiro atoms. The molecule has 2 amide bonds. The molecule has 3 fully saturated rings. The normalized spacial score (nSPS) is 32.7. The van der Waals surface area contributed by atoms with Crippen LogP contribution in [0.4, 0.5) is 0 Å². The fraction of sp³-hybridized carbons (Fsp3) is 0.538. The number of nitrogens with zero attached hydrogens (tertiary/aromatic N) is 1. The molecular formula is C26H29NO5. The minimum absolute atomic E-state index is 0.103. The van der Waals surface area contributed by atoms with Crippen LogP contribution in [0.1, 0.15) is 41.8 Å². The minimum atomic E-state index is -1.01. The lowest BCUT2D eigenvalue weighted by atomic mass is 9.63. The third kappa shape index (κ3) is 3.06. The zero-order chi connectivity index (χ0) is 22.9. The summed E-state index contributed by atoms with van der Waals surface area (Å²) >= 11 is 0. The van der Waals surface area contributed by atoms with Gasteiger partial charge in [0, 0.05) is 5.56 Å². The van der Waals surface area contributed by atoms with Crippen LogP contribution in [0.25, 0.3) is 0 Å². The second-order valence-electron chi connectivity index (χ2n) is 10.2. The predicted octanol–water partition coefficient (Wildman–Crippen LogP) is 3.11. The minimum Gasteiger partial charge on any atom is -0.456 e. The number of benzene rings is 1. The molecule has 6 rings (SSSR count). The first-order valence-corrected chi connectivity index (χ1v) is 11.5. The second-order valence-corrected chi connectivity index (χ2v) is 10.2. The molecule has 0 radical (unpaired) electrons. The van der Waals surface area contributed by atoms with Gasteiger partial charge in [0.05, 0.1) is 11.8 Å². The van der Waals surface area contributed by atoms with E-state index in [1.54, 1.807) is 26.0 Å². The highest BCUT2D eigenvalue weighted by molar-refractivity contribution is 6.09. The number of aryl methyl sites for hydroxylation is 2. The summed E-state index contributed by atoms with van der Waals surface area (Å²) in [6, 6.07) is 4.34. The number of esters is 1. The van der Waals surface area contributed by atoms with Gasteiger partial charge in [-0.25, -0.2) is 4.79 Å². The Morgan fingerprint density at radius 2 is 1.59 bits per heavy atom. The molecule has 168 valence electrons. The van der Waals surface area contributed by atoms with Crippen molar-refractivity contribution in [1.29, 1.82) is 0 Å². The van der Waals surface area contributed by atoms with Gasteiger partial charge in [0.1, 0.15) is 6.04 Å². The van der Waals surface area contributed by atoms with Crippen LogP contribution in [-0.2, 0) is 19.1 Å². The van der Waals surface area contributed by atoms with Crippen LogP contribution in [0, 0.1) is 55.3 Å². The van der Waals surface area contributed by atoms with Crippen LogP contribution in [0.3, 0.4) is 0 Å². The van der Waals surface area contributed by atoms with Crippen molar-refractivity contribution in [3.8, 4) is 0 Å². The number of likely N-dealkylation sites (tertiary alicyclic amines) is 1. The lowest BCUT2D eigenvalue weighted by Gasteiger charge is -2.37. The first-order valence-electron chi connectivity index (χ1n) is 11.5. The van der Waals surface area contributed by atoms with Gasteiger partial charge in [-0.1, -0.05) is 38.1 Å². The zero-order valence-corrected chi connectivity index (χ0v) is 18.9. The fourth-order valence-corrected chi connectivity index (χ4v) is 6.15. The Hall–Kier alpha value is -2.76. The summed E-state index contributed by atoms with van der Waals surface area (Å²) in [6.45, 7) is 7.06. The molecule has 0 unspecified atom stereocenters. The molecule has 2 bridgehead atoms. The number of allylic oxidation sites excluding steroid dienone is 2. The highest BCUT2D eigenvalue weighted by atomic mass is 16.5. The standard InChI is InChI=1S/C26H29NO5/c1-12(2)23(26(31)32-11-20(28)15-6-5-13(3)14(4)9-15)27-24(29)21-16-7-8-17(19-10-18(16)19)22(21)25(27)30/h5-9,12,16-19,21-23H,10-11H2,1-4H3/t16-,17-,18-,19-,21-,22+,23-/m0/s1. The third-order valence-corrected chi connectivity index (χ3v) is 8.02. The Morgan fingerprint density at radius 3 is 2.12 bits per heavy atom. The number of hydrogen-bond donors (Lipinski definition) is 0. The summed E-state index contributed by atoms with van der Waals surface area (Å²) in [5, 5.41) is 0. The van der Waals surface area contributed by atoms with Crippen LogP contribution in [0.5, 0.6) is 0 Å². The van der Waals surface area contributed by atoms with Gasteiger partial charge in [0.2, 0.25) is 11.8 Å². The van der Waals surface area contributed by atoms with E-state index in [-0.39, 0.29) is 47.2 Å². The molecule has 1 heterocycles. The molecular weight excluding hydrogens is 406 g/mol. The first-order chi connectivity index (χ1) is 15.2. The fourth-order valence-electron chi connectivity index (χ4n) is 6.15. The van der Waals surface area contributed by atoms with Crippen molar-refractivity contribution in [2.45, 2.75) is 40.2 Å². The lowest BCUT2D eigenvalue weighted by Crippen LogP contribution is -2.49. The van der Waals surface area contributed by atoms with Crippen LogP contribution < -0.4 is 0 Å². The molecule has 1 aliphatic heterocycles. The number of carbonyl (C=O) groups is 4. The molecule has 0 aromatic heterocycles. The number of Topliss-reactive ketones (excluding diaryl/α,β-unsaturated/α-hetero) is 1. The molecule has 1 aromatic rings. The summed E-state index contributed by atoms with van der Waals surface area (Å²) in [4.78, 5) is 53.5. The maximum absolute atomic E-state index is 13.4. The average Bonchev–Trinajstić information content (AvgIpc) is 3.54. The number of hydrogen-bond acceptors (Lipinski definition) is 5. The summed E-state index contributed by atoms with van der Waals surface area (Å²) in [6.07, 6.45) is 5.31. The van der Waals surface area contributed by atoms with Gasteiger partial charge in [0.15, 0.2) is 12.4 Å². The van der Waals surface area contributed by atoms with Crippen LogP contribution in [-0.4, -0.2) is 41.1 Å². The Labute approximate surface area is 188 Å². The molecule has 1 aromatic carbocycles. The lowest BCUT2D eigenvalue weighted by molar-refractivity contribution is -0.160. The molecule has 0 N–H and O–H groups in total. The third-order valence-electron chi connectivity index (χ3n) is 8.02. The van der Waals surface area contributed by atoms with Gasteiger partial charge in [-0.3, -0.25) is 19.3 Å². The van der Waals surface area contributed by atoms with E-state index in [1.165, 1.54) is 4.90 Å². The van der Waals surface area contributed by atoms with E-state index in [4.69, 9.17) is 4.74 Å². The second kappa shape index (κ2) is 7.39. The predicted molar refractivity (Wildman–Crippen MR) is 116 cm³/mol. The summed E-state index contributed by atoms with van der Waals surface area (Å²) in [5.41, 5.74) is 2.54. The smallest absolute Gasteiger partial charge is 0.330 e. The Bertz CT molecular complexity index is 1020. The monoisotopic (exact) mass is 435 g/mol. The van der Waals surface area contributed by atoms with E-state index >= 15 is 0 Å². The van der Waals surface area contributed by atoms with Gasteiger partial charge in [-0.15, -0.1) is 0 Å². The van der Waals surface area contributed by atoms with Crippen molar-refractivity contribution in [2.24, 2.45) is 41.4 Å². The van der Waals surface area contributed by atoms with Crippen molar-refractivity contribution < 1.29 is 23.9 Å². The first kappa shape index (κ1) is 21.1. The number of carbonyl (C=O) groups excluding carboxylic acids is 4. The van der Waals surface area contributed by atoms with Crippen molar-refractivity contribution in [2.75, 3.05) is 6.61 Å². The van der Waals surface area contributed by atoms with Gasteiger partial charge >= 0.3 is 5.97 Å². The average molecular weight is 436 g/mol. The zero-order valence-electron chi connectivity index (χ0n) is 18.9. The van der Waals surface area contributed by atoms with Gasteiger partial charge in [-0.05, 0) is 67.1 Å². The number of rotatable bonds is 6. The quantitative estimate of drug-likeness (QED) is 0.297. The maximum Gasteiger partial charge on any atom is 0.330 e. The van der Waals surface area contributed by atoms with E-state index in [2.05, 4.69) is 12.2 Å². The van der Waals surface area contributed by atoms with E-state index in [0.29, 0.717) is 17.4 Å². The Morgan fingerprint density at radius 1 is 1.00 bits per heavy atom. The highest BCUT2D eigenvalue weighted by Crippen LogP contribution is 2.65. The molecule has 6 nitrogen and oxygen atoms in total. The van der Waals surface area contributed by atoms with Crippen molar-refractivity contribution >= 4 is 23.6 Å². The topological polar surface area (TPSA) is 80.8 Å². The number of imide groups is 1. The largest absolute Gasteiger partial charge is 0.456 e. The molecule has 32 heavy (non-hydrogen) atoms. The number of ketones is 1. The van der Waals surface area contributed by atoms with Crippen LogP contribution in [0.15, 0.2) is 30.4 Å². The maximum atomic E-state index is 13.4. The Kier molecular flexibility index (Phi) is 4.88. The molecule has 1 saturated heterocycles. The molecule has 5 aliphatic rings. The number of amides is 2. The summed E-state index contributed by atoms with van der Waals surface area (Å²) in [5.74, 6) is -1.31. The van der Waals surface area contributed by atoms with E-state index in [0.717, 1.165) is 17.5 Å². The van der Waals surface area contributed by atoms with Crippen LogP contribution >= 0.6 is 0 Å². The Balaban J connectivity index is 1.32. The van der Waals surface area contributed by atoms with Gasteiger partial charge in [0.25, 0.3) is 0 Å². The van der Waals surface area contributed by atoms with Crippen molar-refractivity contribution in [3.63, 3.8) is 0 Å². The van der Waals surface area contributed by atoms with E-state index in [9.17, 15) is 19.2 Å². The summed E-state index contributed by atoms with van der Waals surface area (Å²) in [7, 11) is 0. The molecule has 7 atom stereocenters. The van der Waals surface area contributed by atoms with Crippen molar-refractivity contribution in [3.05, 3.63) is 47.0 Å². The van der Waals surface area contributed by atoms with Gasteiger partial charge in [-0.2, -0.15) is 0 Å². The van der Waals surface area contributed by atoms with E-state index < -0.39 is 18.6 Å². The van der Waals surface area contributed by atoms with Crippen molar-refractivity contribution in [1.82, 2.24) is 4.90 Å².